The molecule has 8 nitrogen and oxygen atoms in total. The van der Waals surface area contributed by atoms with Crippen molar-refractivity contribution in [2.24, 2.45) is 5.92 Å². The van der Waals surface area contributed by atoms with Crippen LogP contribution in [0, 0.1) is 5.92 Å². The summed E-state index contributed by atoms with van der Waals surface area (Å²) < 4.78 is 0. The minimum Gasteiger partial charge on any atom is -0.352 e. The summed E-state index contributed by atoms with van der Waals surface area (Å²) in [4.78, 5) is 25.7. The number of carbonyl (C=O) groups excluding carboxylic acids is 2. The van der Waals surface area contributed by atoms with Crippen LogP contribution in [-0.2, 0) is 22.7 Å². The van der Waals surface area contributed by atoms with E-state index in [4.69, 9.17) is 0 Å². The van der Waals surface area contributed by atoms with Crippen LogP contribution in [0.3, 0.4) is 0 Å². The molecule has 0 radical (unpaired) electrons. The molecular formula is C23H28N6O2. The van der Waals surface area contributed by atoms with Gasteiger partial charge in [0.15, 0.2) is 0 Å². The van der Waals surface area contributed by atoms with E-state index >= 15 is 0 Å². The van der Waals surface area contributed by atoms with Crippen LogP contribution in [0.4, 0.5) is 5.69 Å². The number of carbonyl (C=O) groups is 2. The molecule has 1 aromatic heterocycles. The van der Waals surface area contributed by atoms with E-state index in [0.717, 1.165) is 23.2 Å². The van der Waals surface area contributed by atoms with Crippen LogP contribution in [0.15, 0.2) is 54.6 Å². The number of anilines is 1. The first-order valence-corrected chi connectivity index (χ1v) is 10.5. The molecule has 3 rings (SSSR count). The van der Waals surface area contributed by atoms with Crippen molar-refractivity contribution in [2.45, 2.75) is 46.2 Å². The summed E-state index contributed by atoms with van der Waals surface area (Å²) in [5, 5.41) is 18.3. The molecule has 2 N–H and O–H groups in total. The van der Waals surface area contributed by atoms with Crippen molar-refractivity contribution in [3.63, 3.8) is 0 Å². The smallest absolute Gasteiger partial charge is 0.227 e. The average Bonchev–Trinajstić information content (AvgIpc) is 3.27. The number of nitrogens with zero attached hydrogens (tertiary/aromatic N) is 4. The quantitative estimate of drug-likeness (QED) is 0.523. The standard InChI is InChI=1S/C23H28N6O2/c1-3-17(2)23(31)25-20-12-7-9-18(15-20)16-24-21(30)13-8-14-29-27-22(26-28-29)19-10-5-4-6-11-19/h4-7,9-12,15,17H,3,8,13-14,16H2,1-2H3,(H,24,30)(H,25,31). The molecule has 162 valence electrons. The predicted octanol–water partition coefficient (Wildman–Crippen LogP) is 3.42. The molecule has 0 aliphatic rings. The van der Waals surface area contributed by atoms with Crippen molar-refractivity contribution < 1.29 is 9.59 Å². The Hall–Kier alpha value is -3.55. The Morgan fingerprint density at radius 3 is 2.68 bits per heavy atom. The highest BCUT2D eigenvalue weighted by molar-refractivity contribution is 5.92. The van der Waals surface area contributed by atoms with Gasteiger partial charge in [0.25, 0.3) is 0 Å². The molecule has 1 heterocycles. The van der Waals surface area contributed by atoms with E-state index in [0.29, 0.717) is 31.8 Å². The minimum absolute atomic E-state index is 0.000767. The van der Waals surface area contributed by atoms with Crippen LogP contribution >= 0.6 is 0 Å². The molecule has 0 saturated carbocycles. The van der Waals surface area contributed by atoms with E-state index in [2.05, 4.69) is 26.0 Å². The summed E-state index contributed by atoms with van der Waals surface area (Å²) in [6, 6.07) is 17.2. The topological polar surface area (TPSA) is 102 Å². The van der Waals surface area contributed by atoms with Gasteiger partial charge >= 0.3 is 0 Å². The van der Waals surface area contributed by atoms with E-state index in [1.54, 1.807) is 0 Å². The van der Waals surface area contributed by atoms with Gasteiger partial charge in [0.1, 0.15) is 0 Å². The highest BCUT2D eigenvalue weighted by Crippen LogP contribution is 2.14. The van der Waals surface area contributed by atoms with E-state index < -0.39 is 0 Å². The first kappa shape index (κ1) is 22.1. The van der Waals surface area contributed by atoms with Crippen molar-refractivity contribution in [3.8, 4) is 11.4 Å². The Labute approximate surface area is 182 Å². The van der Waals surface area contributed by atoms with E-state index in [-0.39, 0.29) is 17.7 Å². The van der Waals surface area contributed by atoms with E-state index in [9.17, 15) is 9.59 Å². The van der Waals surface area contributed by atoms with Gasteiger partial charge in [-0.3, -0.25) is 9.59 Å². The van der Waals surface area contributed by atoms with Crippen molar-refractivity contribution in [2.75, 3.05) is 5.32 Å². The Morgan fingerprint density at radius 1 is 1.10 bits per heavy atom. The summed E-state index contributed by atoms with van der Waals surface area (Å²) in [7, 11) is 0. The van der Waals surface area contributed by atoms with Crippen molar-refractivity contribution >= 4 is 17.5 Å². The van der Waals surface area contributed by atoms with Crippen LogP contribution in [-0.4, -0.2) is 32.0 Å². The number of rotatable bonds is 10. The third-order valence-corrected chi connectivity index (χ3v) is 4.99. The second kappa shape index (κ2) is 11.0. The molecular weight excluding hydrogens is 392 g/mol. The summed E-state index contributed by atoms with van der Waals surface area (Å²) >= 11 is 0. The second-order valence-corrected chi connectivity index (χ2v) is 7.45. The van der Waals surface area contributed by atoms with Crippen LogP contribution in [0.2, 0.25) is 0 Å². The van der Waals surface area contributed by atoms with Crippen LogP contribution in [0.1, 0.15) is 38.7 Å². The number of hydrogen-bond donors (Lipinski definition) is 2. The molecule has 1 unspecified atom stereocenters. The number of hydrogen-bond acceptors (Lipinski definition) is 5. The summed E-state index contributed by atoms with van der Waals surface area (Å²) in [5.74, 6) is 0.496. The number of benzene rings is 2. The van der Waals surface area contributed by atoms with Crippen LogP contribution in [0.25, 0.3) is 11.4 Å². The van der Waals surface area contributed by atoms with Crippen molar-refractivity contribution in [1.82, 2.24) is 25.5 Å². The lowest BCUT2D eigenvalue weighted by molar-refractivity contribution is -0.121. The van der Waals surface area contributed by atoms with Gasteiger partial charge in [0.05, 0.1) is 6.54 Å². The van der Waals surface area contributed by atoms with Crippen molar-refractivity contribution in [3.05, 3.63) is 60.2 Å². The highest BCUT2D eigenvalue weighted by atomic mass is 16.2. The Balaban J connectivity index is 1.41. The Bertz CT molecular complexity index is 1000. The summed E-state index contributed by atoms with van der Waals surface area (Å²) in [6.07, 6.45) is 1.77. The zero-order valence-electron chi connectivity index (χ0n) is 17.9. The molecule has 3 aromatic rings. The molecule has 0 bridgehead atoms. The van der Waals surface area contributed by atoms with Gasteiger partial charge in [-0.25, -0.2) is 0 Å². The average molecular weight is 421 g/mol. The highest BCUT2D eigenvalue weighted by Gasteiger charge is 2.11. The van der Waals surface area contributed by atoms with Gasteiger partial charge in [0.2, 0.25) is 17.6 Å². The predicted molar refractivity (Wildman–Crippen MR) is 119 cm³/mol. The van der Waals surface area contributed by atoms with Crippen molar-refractivity contribution in [1.29, 1.82) is 0 Å². The van der Waals surface area contributed by atoms with Crippen LogP contribution in [0.5, 0.6) is 0 Å². The number of aromatic nitrogens is 4. The molecule has 0 spiro atoms. The van der Waals surface area contributed by atoms with Gasteiger partial charge in [0, 0.05) is 30.1 Å². The fourth-order valence-corrected chi connectivity index (χ4v) is 2.92. The molecule has 0 fully saturated rings. The minimum atomic E-state index is -0.0440. The lowest BCUT2D eigenvalue weighted by atomic mass is 10.1. The van der Waals surface area contributed by atoms with Crippen LogP contribution < -0.4 is 10.6 Å². The largest absolute Gasteiger partial charge is 0.352 e. The number of nitrogens with one attached hydrogen (secondary N) is 2. The lowest BCUT2D eigenvalue weighted by Crippen LogP contribution is -2.23. The fraction of sp³-hybridized carbons (Fsp3) is 0.348. The maximum absolute atomic E-state index is 12.2. The maximum Gasteiger partial charge on any atom is 0.227 e. The molecule has 0 aliphatic carbocycles. The zero-order valence-corrected chi connectivity index (χ0v) is 17.9. The molecule has 8 heteroatoms. The summed E-state index contributed by atoms with van der Waals surface area (Å²) in [6.45, 7) is 4.81. The van der Waals surface area contributed by atoms with E-state index in [1.807, 2.05) is 68.4 Å². The van der Waals surface area contributed by atoms with Gasteiger partial charge < -0.3 is 10.6 Å². The number of amides is 2. The van der Waals surface area contributed by atoms with Gasteiger partial charge in [-0.1, -0.05) is 56.3 Å². The summed E-state index contributed by atoms with van der Waals surface area (Å²) in [5.41, 5.74) is 2.58. The third kappa shape index (κ3) is 6.74. The van der Waals surface area contributed by atoms with Gasteiger partial charge in [-0.05, 0) is 35.8 Å². The number of tetrazole rings is 1. The molecule has 2 amide bonds. The molecule has 2 aromatic carbocycles. The second-order valence-electron chi connectivity index (χ2n) is 7.45. The molecule has 0 aliphatic heterocycles. The maximum atomic E-state index is 12.2. The van der Waals surface area contributed by atoms with E-state index in [1.165, 1.54) is 4.80 Å². The Kier molecular flexibility index (Phi) is 7.86. The molecule has 1 atom stereocenters. The lowest BCUT2D eigenvalue weighted by Gasteiger charge is -2.11. The third-order valence-electron chi connectivity index (χ3n) is 4.99. The monoisotopic (exact) mass is 420 g/mol. The molecule has 31 heavy (non-hydrogen) atoms. The normalized spacial score (nSPS) is 11.7. The first-order chi connectivity index (χ1) is 15.0. The molecule has 0 saturated heterocycles. The zero-order chi connectivity index (χ0) is 22.1. The Morgan fingerprint density at radius 2 is 1.90 bits per heavy atom. The number of aryl methyl sites for hydroxylation is 1. The van der Waals surface area contributed by atoms with Gasteiger partial charge in [-0.15, -0.1) is 10.2 Å². The fourth-order valence-electron chi connectivity index (χ4n) is 2.92. The first-order valence-electron chi connectivity index (χ1n) is 10.5. The van der Waals surface area contributed by atoms with Gasteiger partial charge in [-0.2, -0.15) is 4.80 Å². The SMILES string of the molecule is CCC(C)C(=O)Nc1cccc(CNC(=O)CCCn2nnc(-c3ccccc3)n2)c1.